The summed E-state index contributed by atoms with van der Waals surface area (Å²) in [5.74, 6) is -0.866. The molecule has 0 aliphatic heterocycles. The molecule has 1 heterocycles. The molecule has 9 heteroatoms. The molecule has 29 heavy (non-hydrogen) atoms. The molecular formula is C20H20FN3O4S. The highest BCUT2D eigenvalue weighted by Crippen LogP contribution is 2.23. The number of rotatable bonds is 7. The lowest BCUT2D eigenvalue weighted by Gasteiger charge is -2.11. The van der Waals surface area contributed by atoms with Gasteiger partial charge in [-0.2, -0.15) is 0 Å². The summed E-state index contributed by atoms with van der Waals surface area (Å²) >= 11 is 0. The molecule has 0 aliphatic carbocycles. The molecule has 0 fully saturated rings. The van der Waals surface area contributed by atoms with Gasteiger partial charge in [0.15, 0.2) is 11.5 Å². The zero-order valence-electron chi connectivity index (χ0n) is 15.8. The number of halogens is 1. The maximum Gasteiger partial charge on any atom is 0.273 e. The third-order valence-electron chi connectivity index (χ3n) is 3.93. The van der Waals surface area contributed by atoms with Crippen molar-refractivity contribution in [3.63, 3.8) is 0 Å². The number of hydrogen-bond acceptors (Lipinski definition) is 5. The average molecular weight is 417 g/mol. The Morgan fingerprint density at radius 1 is 1.14 bits per heavy atom. The quantitative estimate of drug-likeness (QED) is 0.615. The van der Waals surface area contributed by atoms with Crippen LogP contribution >= 0.6 is 0 Å². The van der Waals surface area contributed by atoms with Crippen molar-refractivity contribution in [2.75, 3.05) is 0 Å². The van der Waals surface area contributed by atoms with Gasteiger partial charge in [-0.05, 0) is 43.7 Å². The summed E-state index contributed by atoms with van der Waals surface area (Å²) in [6.45, 7) is 3.55. The van der Waals surface area contributed by atoms with Crippen molar-refractivity contribution >= 4 is 15.9 Å². The van der Waals surface area contributed by atoms with Crippen LogP contribution in [0.15, 0.2) is 64.0 Å². The van der Waals surface area contributed by atoms with Crippen LogP contribution in [0.25, 0.3) is 11.3 Å². The first kappa shape index (κ1) is 20.7. The number of hydrogen-bond donors (Lipinski definition) is 2. The van der Waals surface area contributed by atoms with E-state index in [1.165, 1.54) is 30.3 Å². The van der Waals surface area contributed by atoms with Crippen molar-refractivity contribution in [3.8, 4) is 11.3 Å². The largest absolute Gasteiger partial charge is 0.355 e. The smallest absolute Gasteiger partial charge is 0.273 e. The highest BCUT2D eigenvalue weighted by Gasteiger charge is 2.17. The molecule has 2 aromatic carbocycles. The number of benzene rings is 2. The van der Waals surface area contributed by atoms with E-state index in [-0.39, 0.29) is 34.5 Å². The van der Waals surface area contributed by atoms with Crippen molar-refractivity contribution < 1.29 is 22.1 Å². The normalized spacial score (nSPS) is 11.6. The minimum atomic E-state index is -3.63. The van der Waals surface area contributed by atoms with Gasteiger partial charge >= 0.3 is 0 Å². The van der Waals surface area contributed by atoms with Gasteiger partial charge in [0.05, 0.1) is 10.5 Å². The SMILES string of the molecule is CC(C)NS(=O)(=O)c1cccc(CNC(=O)c2cc(-c3ccccc3F)on2)c1. The first-order valence-corrected chi connectivity index (χ1v) is 10.4. The second-order valence-electron chi connectivity index (χ2n) is 6.66. The van der Waals surface area contributed by atoms with Crippen molar-refractivity contribution in [2.24, 2.45) is 0 Å². The van der Waals surface area contributed by atoms with Crippen LogP contribution in [0.3, 0.4) is 0 Å². The number of carbonyl (C=O) groups is 1. The predicted molar refractivity (Wildman–Crippen MR) is 105 cm³/mol. The third-order valence-corrected chi connectivity index (χ3v) is 5.59. The summed E-state index contributed by atoms with van der Waals surface area (Å²) in [4.78, 5) is 12.4. The second-order valence-corrected chi connectivity index (χ2v) is 8.38. The van der Waals surface area contributed by atoms with E-state index in [9.17, 15) is 17.6 Å². The number of amides is 1. The maximum absolute atomic E-state index is 13.8. The van der Waals surface area contributed by atoms with Gasteiger partial charge in [-0.1, -0.05) is 29.4 Å². The topological polar surface area (TPSA) is 101 Å². The fourth-order valence-electron chi connectivity index (χ4n) is 2.64. The van der Waals surface area contributed by atoms with E-state index in [0.29, 0.717) is 5.56 Å². The number of nitrogens with one attached hydrogen (secondary N) is 2. The van der Waals surface area contributed by atoms with E-state index in [1.807, 2.05) is 0 Å². The van der Waals surface area contributed by atoms with Gasteiger partial charge < -0.3 is 9.84 Å². The highest BCUT2D eigenvalue weighted by atomic mass is 32.2. The van der Waals surface area contributed by atoms with Crippen LogP contribution in [0, 0.1) is 5.82 Å². The van der Waals surface area contributed by atoms with E-state index in [4.69, 9.17) is 4.52 Å². The minimum absolute atomic E-state index is 0.00602. The second kappa shape index (κ2) is 8.54. The predicted octanol–water partition coefficient (Wildman–Crippen LogP) is 3.10. The van der Waals surface area contributed by atoms with Gasteiger partial charge in [0.2, 0.25) is 10.0 Å². The zero-order chi connectivity index (χ0) is 21.0. The molecule has 152 valence electrons. The van der Waals surface area contributed by atoms with E-state index in [2.05, 4.69) is 15.2 Å². The van der Waals surface area contributed by atoms with Crippen LogP contribution in [0.5, 0.6) is 0 Å². The van der Waals surface area contributed by atoms with Crippen molar-refractivity contribution in [2.45, 2.75) is 31.3 Å². The average Bonchev–Trinajstić information content (AvgIpc) is 3.16. The van der Waals surface area contributed by atoms with Gasteiger partial charge in [-0.25, -0.2) is 17.5 Å². The molecule has 2 N–H and O–H groups in total. The lowest BCUT2D eigenvalue weighted by atomic mass is 10.1. The van der Waals surface area contributed by atoms with Crippen LogP contribution in [0.2, 0.25) is 0 Å². The van der Waals surface area contributed by atoms with Gasteiger partial charge in [-0.15, -0.1) is 0 Å². The summed E-state index contributed by atoms with van der Waals surface area (Å²) in [5.41, 5.74) is 0.797. The Kier molecular flexibility index (Phi) is 6.09. The molecular weight excluding hydrogens is 397 g/mol. The van der Waals surface area contributed by atoms with E-state index < -0.39 is 21.7 Å². The molecule has 3 rings (SSSR count). The molecule has 0 spiro atoms. The molecule has 0 saturated carbocycles. The van der Waals surface area contributed by atoms with Crippen LogP contribution in [-0.2, 0) is 16.6 Å². The molecule has 0 saturated heterocycles. The number of nitrogens with zero attached hydrogens (tertiary/aromatic N) is 1. The summed E-state index contributed by atoms with van der Waals surface area (Å²) in [6.07, 6.45) is 0. The van der Waals surface area contributed by atoms with Gasteiger partial charge in [0.1, 0.15) is 5.82 Å². The van der Waals surface area contributed by atoms with Gasteiger partial charge in [-0.3, -0.25) is 4.79 Å². The Hall–Kier alpha value is -3.04. The lowest BCUT2D eigenvalue weighted by Crippen LogP contribution is -2.30. The molecule has 3 aromatic rings. The van der Waals surface area contributed by atoms with Gasteiger partial charge in [0, 0.05) is 18.7 Å². The number of sulfonamides is 1. The number of aromatic nitrogens is 1. The van der Waals surface area contributed by atoms with Crippen LogP contribution in [0.1, 0.15) is 29.9 Å². The number of carbonyl (C=O) groups excluding carboxylic acids is 1. The monoisotopic (exact) mass is 417 g/mol. The molecule has 7 nitrogen and oxygen atoms in total. The molecule has 1 aromatic heterocycles. The standard InChI is InChI=1S/C20H20FN3O4S/c1-13(2)24-29(26,27)15-7-5-6-14(10-15)12-22-20(25)18-11-19(28-23-18)16-8-3-4-9-17(16)21/h3-11,13,24H,12H2,1-2H3,(H,22,25). The summed E-state index contributed by atoms with van der Waals surface area (Å²) in [5, 5.41) is 6.32. The van der Waals surface area contributed by atoms with E-state index in [1.54, 1.807) is 38.1 Å². The Balaban J connectivity index is 1.69. The Bertz CT molecular complexity index is 1130. The van der Waals surface area contributed by atoms with Gasteiger partial charge in [0.25, 0.3) is 5.91 Å². The fourth-order valence-corrected chi connectivity index (χ4v) is 3.96. The van der Waals surface area contributed by atoms with E-state index in [0.717, 1.165) is 0 Å². The zero-order valence-corrected chi connectivity index (χ0v) is 16.7. The highest BCUT2D eigenvalue weighted by molar-refractivity contribution is 7.89. The van der Waals surface area contributed by atoms with Crippen molar-refractivity contribution in [1.82, 2.24) is 15.2 Å². The van der Waals surface area contributed by atoms with Crippen molar-refractivity contribution in [1.29, 1.82) is 0 Å². The summed E-state index contributed by atoms with van der Waals surface area (Å²) in [6, 6.07) is 13.4. The lowest BCUT2D eigenvalue weighted by molar-refractivity contribution is 0.0942. The third kappa shape index (κ3) is 5.07. The molecule has 1 amide bonds. The van der Waals surface area contributed by atoms with Crippen LogP contribution < -0.4 is 10.0 Å². The first-order chi connectivity index (χ1) is 13.8. The van der Waals surface area contributed by atoms with E-state index >= 15 is 0 Å². The first-order valence-electron chi connectivity index (χ1n) is 8.87. The van der Waals surface area contributed by atoms with Crippen LogP contribution in [0.4, 0.5) is 4.39 Å². The Morgan fingerprint density at radius 2 is 1.90 bits per heavy atom. The maximum atomic E-state index is 13.8. The van der Waals surface area contributed by atoms with Crippen LogP contribution in [-0.4, -0.2) is 25.5 Å². The van der Waals surface area contributed by atoms with Crippen molar-refractivity contribution in [3.05, 3.63) is 71.7 Å². The summed E-state index contributed by atoms with van der Waals surface area (Å²) < 4.78 is 45.9. The Morgan fingerprint density at radius 3 is 2.62 bits per heavy atom. The molecule has 0 aliphatic rings. The molecule has 0 unspecified atom stereocenters. The molecule has 0 bridgehead atoms. The minimum Gasteiger partial charge on any atom is -0.355 e. The fraction of sp³-hybridized carbons (Fsp3) is 0.200. The Labute approximate surface area is 168 Å². The summed E-state index contributed by atoms with van der Waals surface area (Å²) in [7, 11) is -3.63. The molecule has 0 radical (unpaired) electrons. The molecule has 0 atom stereocenters.